The molecule has 11 heteroatoms. The highest BCUT2D eigenvalue weighted by Crippen LogP contribution is 2.29. The average molecular weight is 465 g/mol. The molecule has 0 fully saturated rings. The third-order valence-corrected chi connectivity index (χ3v) is 5.10. The number of nitrogens with zero attached hydrogens (tertiary/aromatic N) is 3. The molecule has 0 radical (unpaired) electrons. The number of aromatic amines is 1. The number of rotatable bonds is 8. The van der Waals surface area contributed by atoms with Crippen molar-refractivity contribution < 1.29 is 23.5 Å². The smallest absolute Gasteiger partial charge is 0.342 e. The molecular weight excluding hydrogens is 442 g/mol. The van der Waals surface area contributed by atoms with Gasteiger partial charge in [-0.05, 0) is 32.4 Å². The second-order valence-corrected chi connectivity index (χ2v) is 7.50. The molecule has 0 bridgehead atoms. The lowest BCUT2D eigenvalue weighted by molar-refractivity contribution is -0.145. The van der Waals surface area contributed by atoms with Crippen LogP contribution in [0.5, 0.6) is 0 Å². The third kappa shape index (κ3) is 4.72. The fourth-order valence-electron chi connectivity index (χ4n) is 3.57. The number of hydrogen-bond acceptors (Lipinski definition) is 10. The van der Waals surface area contributed by atoms with Gasteiger partial charge in [-0.2, -0.15) is 4.98 Å². The van der Waals surface area contributed by atoms with Crippen molar-refractivity contribution in [2.24, 2.45) is 0 Å². The standard InChI is InChI=1S/C23H23N5O6/c1-3-32-23(31)18-12(2)34-22-19(18)20(24)26-16(28-22)11-33-17(29)10-6-9-15-25-14-8-5-4-7-13(14)21(30)27-15/h4-5,7-8H,3,6,9-11H2,1-2H3,(H2,24,26,28)(H,25,27,30). The van der Waals surface area contributed by atoms with E-state index in [1.807, 2.05) is 6.07 Å². The first-order valence-electron chi connectivity index (χ1n) is 10.7. The monoisotopic (exact) mass is 465 g/mol. The van der Waals surface area contributed by atoms with Gasteiger partial charge in [-0.25, -0.2) is 14.8 Å². The van der Waals surface area contributed by atoms with Gasteiger partial charge in [-0.15, -0.1) is 0 Å². The van der Waals surface area contributed by atoms with Crippen LogP contribution in [0.15, 0.2) is 33.5 Å². The van der Waals surface area contributed by atoms with Crippen molar-refractivity contribution in [1.29, 1.82) is 0 Å². The number of furan rings is 1. The average Bonchev–Trinajstić information content (AvgIpc) is 3.14. The van der Waals surface area contributed by atoms with E-state index >= 15 is 0 Å². The summed E-state index contributed by atoms with van der Waals surface area (Å²) in [7, 11) is 0. The number of benzene rings is 1. The first-order chi connectivity index (χ1) is 16.4. The normalized spacial score (nSPS) is 11.1. The summed E-state index contributed by atoms with van der Waals surface area (Å²) < 4.78 is 15.8. The van der Waals surface area contributed by atoms with Crippen molar-refractivity contribution in [3.63, 3.8) is 0 Å². The van der Waals surface area contributed by atoms with Crippen molar-refractivity contribution in [2.45, 2.75) is 39.7 Å². The number of para-hydroxylation sites is 1. The molecule has 176 valence electrons. The van der Waals surface area contributed by atoms with Gasteiger partial charge in [0.1, 0.15) is 23.0 Å². The molecule has 0 saturated carbocycles. The van der Waals surface area contributed by atoms with Gasteiger partial charge < -0.3 is 24.6 Å². The fraction of sp³-hybridized carbons (Fsp3) is 0.304. The number of nitrogen functional groups attached to an aromatic ring is 1. The highest BCUT2D eigenvalue weighted by molar-refractivity contribution is 6.07. The number of H-pyrrole nitrogens is 1. The van der Waals surface area contributed by atoms with Gasteiger partial charge in [0.25, 0.3) is 5.56 Å². The largest absolute Gasteiger partial charge is 0.462 e. The zero-order chi connectivity index (χ0) is 24.2. The highest BCUT2D eigenvalue weighted by Gasteiger charge is 2.24. The Hall–Kier alpha value is -4.28. The summed E-state index contributed by atoms with van der Waals surface area (Å²) in [5, 5.41) is 0.783. The van der Waals surface area contributed by atoms with Crippen molar-refractivity contribution in [1.82, 2.24) is 19.9 Å². The molecule has 0 aliphatic rings. The Bertz CT molecular complexity index is 1440. The van der Waals surface area contributed by atoms with Gasteiger partial charge in [0.15, 0.2) is 12.4 Å². The van der Waals surface area contributed by atoms with E-state index in [1.165, 1.54) is 0 Å². The van der Waals surface area contributed by atoms with Crippen LogP contribution >= 0.6 is 0 Å². The molecule has 3 N–H and O–H groups in total. The molecule has 0 spiro atoms. The van der Waals surface area contributed by atoms with Crippen molar-refractivity contribution >= 4 is 39.8 Å². The molecule has 34 heavy (non-hydrogen) atoms. The first-order valence-corrected chi connectivity index (χ1v) is 10.7. The Kier molecular flexibility index (Phi) is 6.53. The summed E-state index contributed by atoms with van der Waals surface area (Å²) >= 11 is 0. The lowest BCUT2D eigenvalue weighted by Gasteiger charge is -2.06. The second-order valence-electron chi connectivity index (χ2n) is 7.50. The van der Waals surface area contributed by atoms with Crippen LogP contribution < -0.4 is 11.3 Å². The lowest BCUT2D eigenvalue weighted by atomic mass is 10.2. The van der Waals surface area contributed by atoms with Gasteiger partial charge in [-0.1, -0.05) is 12.1 Å². The van der Waals surface area contributed by atoms with Crippen LogP contribution in [-0.2, 0) is 27.3 Å². The van der Waals surface area contributed by atoms with Crippen molar-refractivity contribution in [3.05, 3.63) is 57.6 Å². The predicted molar refractivity (Wildman–Crippen MR) is 122 cm³/mol. The van der Waals surface area contributed by atoms with E-state index in [9.17, 15) is 14.4 Å². The molecule has 4 rings (SSSR count). The zero-order valence-electron chi connectivity index (χ0n) is 18.7. The van der Waals surface area contributed by atoms with E-state index in [-0.39, 0.29) is 53.5 Å². The number of carbonyl (C=O) groups is 2. The first kappa shape index (κ1) is 22.9. The molecule has 1 aromatic carbocycles. The summed E-state index contributed by atoms with van der Waals surface area (Å²) in [6.45, 7) is 3.29. The van der Waals surface area contributed by atoms with Crippen LogP contribution in [0, 0.1) is 6.92 Å². The van der Waals surface area contributed by atoms with Gasteiger partial charge in [0, 0.05) is 12.8 Å². The van der Waals surface area contributed by atoms with Crippen LogP contribution in [0.2, 0.25) is 0 Å². The molecule has 4 aromatic rings. The van der Waals surface area contributed by atoms with Gasteiger partial charge in [-0.3, -0.25) is 9.59 Å². The van der Waals surface area contributed by atoms with Crippen LogP contribution in [-0.4, -0.2) is 38.5 Å². The summed E-state index contributed by atoms with van der Waals surface area (Å²) in [6, 6.07) is 7.05. The van der Waals surface area contributed by atoms with E-state index in [4.69, 9.17) is 19.6 Å². The molecule has 3 heterocycles. The number of anilines is 1. The van der Waals surface area contributed by atoms with E-state index < -0.39 is 11.9 Å². The number of aromatic nitrogens is 4. The SMILES string of the molecule is CCOC(=O)c1c(C)oc2nc(COC(=O)CCCc3nc4ccccc4c(=O)[nH]3)nc(N)c12. The number of carbonyl (C=O) groups excluding carboxylic acids is 2. The van der Waals surface area contributed by atoms with Crippen LogP contribution in [0.3, 0.4) is 0 Å². The number of nitrogens with one attached hydrogen (secondary N) is 1. The Morgan fingerprint density at radius 3 is 2.74 bits per heavy atom. The minimum absolute atomic E-state index is 0.0299. The summed E-state index contributed by atoms with van der Waals surface area (Å²) in [6.07, 6.45) is 0.955. The Morgan fingerprint density at radius 1 is 1.15 bits per heavy atom. The topological polar surface area (TPSA) is 163 Å². The summed E-state index contributed by atoms with van der Waals surface area (Å²) in [5.41, 5.74) is 6.70. The van der Waals surface area contributed by atoms with E-state index in [0.29, 0.717) is 35.3 Å². The van der Waals surface area contributed by atoms with Crippen LogP contribution in [0.4, 0.5) is 5.82 Å². The van der Waals surface area contributed by atoms with Gasteiger partial charge in [0.05, 0.1) is 22.9 Å². The predicted octanol–water partition coefficient (Wildman–Crippen LogP) is 2.59. The van der Waals surface area contributed by atoms with E-state index in [0.717, 1.165) is 0 Å². The minimum Gasteiger partial charge on any atom is -0.462 e. The number of hydrogen-bond donors (Lipinski definition) is 2. The van der Waals surface area contributed by atoms with Crippen molar-refractivity contribution in [2.75, 3.05) is 12.3 Å². The fourth-order valence-corrected chi connectivity index (χ4v) is 3.57. The minimum atomic E-state index is -0.574. The molecule has 11 nitrogen and oxygen atoms in total. The maximum Gasteiger partial charge on any atom is 0.342 e. The third-order valence-electron chi connectivity index (χ3n) is 5.10. The van der Waals surface area contributed by atoms with Crippen LogP contribution in [0.25, 0.3) is 22.0 Å². The summed E-state index contributed by atoms with van der Waals surface area (Å²) in [5.74, 6) is -0.0540. The Morgan fingerprint density at radius 2 is 1.94 bits per heavy atom. The van der Waals surface area contributed by atoms with E-state index in [2.05, 4.69) is 19.9 Å². The number of esters is 2. The maximum absolute atomic E-state index is 12.2. The quantitative estimate of drug-likeness (QED) is 0.370. The second kappa shape index (κ2) is 9.69. The van der Waals surface area contributed by atoms with E-state index in [1.54, 1.807) is 32.0 Å². The maximum atomic E-state index is 12.2. The molecule has 0 unspecified atom stereocenters. The molecule has 0 atom stereocenters. The number of fused-ring (bicyclic) bond motifs is 2. The molecule has 0 aliphatic heterocycles. The molecule has 0 aliphatic carbocycles. The molecule has 0 saturated heterocycles. The molecular formula is C23H23N5O6. The Balaban J connectivity index is 1.36. The van der Waals surface area contributed by atoms with Gasteiger partial charge in [0.2, 0.25) is 5.71 Å². The van der Waals surface area contributed by atoms with Gasteiger partial charge >= 0.3 is 11.9 Å². The molecule has 3 aromatic heterocycles. The number of ether oxygens (including phenoxy) is 2. The lowest BCUT2D eigenvalue weighted by Crippen LogP contribution is -2.13. The zero-order valence-corrected chi connectivity index (χ0v) is 18.7. The Labute approximate surface area is 193 Å². The van der Waals surface area contributed by atoms with Crippen molar-refractivity contribution in [3.8, 4) is 0 Å². The summed E-state index contributed by atoms with van der Waals surface area (Å²) in [4.78, 5) is 52.0. The molecule has 0 amide bonds. The number of nitrogens with two attached hydrogens (primary N) is 1. The number of aryl methyl sites for hydroxylation is 2. The highest BCUT2D eigenvalue weighted by atomic mass is 16.5. The van der Waals surface area contributed by atoms with Crippen LogP contribution in [0.1, 0.15) is 47.5 Å².